The topological polar surface area (TPSA) is 131 Å². The molecule has 0 radical (unpaired) electrons. The number of benzene rings is 1. The van der Waals surface area contributed by atoms with Crippen molar-refractivity contribution in [2.45, 2.75) is 12.5 Å². The summed E-state index contributed by atoms with van der Waals surface area (Å²) in [5, 5.41) is 57.7. The Labute approximate surface area is 118 Å². The highest BCUT2D eigenvalue weighted by molar-refractivity contribution is 5.54. The van der Waals surface area contributed by atoms with E-state index in [0.717, 1.165) is 18.2 Å². The van der Waals surface area contributed by atoms with Crippen LogP contribution in [0.25, 0.3) is 0 Å². The number of hydrogen-bond acceptors (Lipinski definition) is 7. The average molecular weight is 292 g/mol. The largest absolute Gasteiger partial charge is 0.512 e. The van der Waals surface area contributed by atoms with Crippen molar-refractivity contribution in [1.82, 2.24) is 0 Å². The summed E-state index contributed by atoms with van der Waals surface area (Å²) in [4.78, 5) is 0. The molecule has 0 fully saturated rings. The number of aliphatic hydroxyl groups is 3. The van der Waals surface area contributed by atoms with Gasteiger partial charge in [-0.25, -0.2) is 0 Å². The number of hydrogen-bond donors (Lipinski definition) is 6. The van der Waals surface area contributed by atoms with E-state index in [1.165, 1.54) is 0 Å². The van der Waals surface area contributed by atoms with Crippen LogP contribution in [0, 0.1) is 0 Å². The van der Waals surface area contributed by atoms with Crippen LogP contribution in [0.1, 0.15) is 18.1 Å². The smallest absolute Gasteiger partial charge is 0.200 e. The van der Waals surface area contributed by atoms with Gasteiger partial charge in [-0.3, -0.25) is 0 Å². The number of allylic oxidation sites excluding steroid dienone is 3. The van der Waals surface area contributed by atoms with Gasteiger partial charge in [-0.15, -0.1) is 0 Å². The molecule has 2 aliphatic rings. The van der Waals surface area contributed by atoms with Crippen LogP contribution in [0.5, 0.6) is 17.2 Å². The molecular weight excluding hydrogens is 280 g/mol. The number of aliphatic hydroxyl groups excluding tert-OH is 3. The molecule has 0 saturated carbocycles. The van der Waals surface area contributed by atoms with Gasteiger partial charge in [-0.2, -0.15) is 0 Å². The maximum absolute atomic E-state index is 10.2. The first-order valence-corrected chi connectivity index (χ1v) is 6.05. The van der Waals surface area contributed by atoms with Crippen molar-refractivity contribution >= 4 is 0 Å². The molecule has 3 rings (SSSR count). The van der Waals surface area contributed by atoms with Crippen LogP contribution < -0.4 is 0 Å². The van der Waals surface area contributed by atoms with Gasteiger partial charge in [-0.1, -0.05) is 0 Å². The first-order valence-electron chi connectivity index (χ1n) is 6.05. The Morgan fingerprint density at radius 3 is 2.19 bits per heavy atom. The maximum atomic E-state index is 10.2. The molecule has 1 aromatic carbocycles. The SMILES string of the molecule is OC1=CC(O)=C2OC(c3cc(O)c(O)c(O)c3)C(O)=C2C1. The van der Waals surface area contributed by atoms with Gasteiger partial charge in [0, 0.05) is 23.6 Å². The zero-order chi connectivity index (χ0) is 15.3. The fourth-order valence-corrected chi connectivity index (χ4v) is 2.36. The molecule has 1 unspecified atom stereocenters. The van der Waals surface area contributed by atoms with Crippen LogP contribution >= 0.6 is 0 Å². The third-order valence-electron chi connectivity index (χ3n) is 3.36. The lowest BCUT2D eigenvalue weighted by Gasteiger charge is -2.15. The van der Waals surface area contributed by atoms with Crippen molar-refractivity contribution in [1.29, 1.82) is 0 Å². The van der Waals surface area contributed by atoms with Gasteiger partial charge in [0.1, 0.15) is 11.5 Å². The van der Waals surface area contributed by atoms with Crippen molar-refractivity contribution in [3.05, 3.63) is 52.4 Å². The minimum Gasteiger partial charge on any atom is -0.512 e. The third-order valence-corrected chi connectivity index (χ3v) is 3.36. The molecule has 7 heteroatoms. The van der Waals surface area contributed by atoms with Crippen molar-refractivity contribution in [3.63, 3.8) is 0 Å². The van der Waals surface area contributed by atoms with Crippen LogP contribution in [-0.4, -0.2) is 30.6 Å². The Bertz CT molecular complexity index is 704. The molecule has 1 heterocycles. The summed E-state index contributed by atoms with van der Waals surface area (Å²) >= 11 is 0. The van der Waals surface area contributed by atoms with Gasteiger partial charge in [0.15, 0.2) is 34.9 Å². The number of phenolic OH excluding ortho intramolecular Hbond substituents is 3. The molecule has 0 amide bonds. The van der Waals surface area contributed by atoms with Gasteiger partial charge in [0.05, 0.1) is 0 Å². The first-order chi connectivity index (χ1) is 9.88. The third kappa shape index (κ3) is 1.90. The lowest BCUT2D eigenvalue weighted by molar-refractivity contribution is 0.129. The van der Waals surface area contributed by atoms with Crippen LogP contribution in [0.3, 0.4) is 0 Å². The predicted molar refractivity (Wildman–Crippen MR) is 69.9 cm³/mol. The summed E-state index contributed by atoms with van der Waals surface area (Å²) in [7, 11) is 0. The quantitative estimate of drug-likeness (QED) is 0.438. The van der Waals surface area contributed by atoms with Crippen LogP contribution in [0.2, 0.25) is 0 Å². The molecule has 0 bridgehead atoms. The van der Waals surface area contributed by atoms with Crippen molar-refractivity contribution in [3.8, 4) is 17.2 Å². The van der Waals surface area contributed by atoms with Crippen LogP contribution in [0.15, 0.2) is 46.8 Å². The molecule has 0 aromatic heterocycles. The number of aromatic hydroxyl groups is 3. The predicted octanol–water partition coefficient (Wildman–Crippen LogP) is 2.30. The second-order valence-electron chi connectivity index (χ2n) is 4.80. The Morgan fingerprint density at radius 2 is 1.57 bits per heavy atom. The van der Waals surface area contributed by atoms with E-state index in [1.807, 2.05) is 0 Å². The van der Waals surface area contributed by atoms with E-state index in [9.17, 15) is 30.6 Å². The van der Waals surface area contributed by atoms with E-state index >= 15 is 0 Å². The second kappa shape index (κ2) is 4.27. The molecular formula is C14H12O7. The molecule has 0 saturated heterocycles. The highest BCUT2D eigenvalue weighted by atomic mass is 16.5. The van der Waals surface area contributed by atoms with E-state index in [-0.39, 0.29) is 40.6 Å². The molecule has 7 nitrogen and oxygen atoms in total. The normalized spacial score (nSPS) is 21.1. The molecule has 1 aliphatic carbocycles. The van der Waals surface area contributed by atoms with Gasteiger partial charge < -0.3 is 35.4 Å². The summed E-state index contributed by atoms with van der Waals surface area (Å²) in [5.74, 6) is -2.49. The Hall–Kier alpha value is -2.96. The highest BCUT2D eigenvalue weighted by Gasteiger charge is 2.37. The van der Waals surface area contributed by atoms with Crippen molar-refractivity contribution in [2.75, 3.05) is 0 Å². The number of fused-ring (bicyclic) bond motifs is 1. The molecule has 1 aliphatic heterocycles. The lowest BCUT2D eigenvalue weighted by Crippen LogP contribution is -2.02. The van der Waals surface area contributed by atoms with E-state index in [4.69, 9.17) is 4.74 Å². The first kappa shape index (κ1) is 13.0. The van der Waals surface area contributed by atoms with Crippen molar-refractivity contribution in [2.24, 2.45) is 0 Å². The minimum atomic E-state index is -1.06. The van der Waals surface area contributed by atoms with Crippen LogP contribution in [0.4, 0.5) is 0 Å². The van der Waals surface area contributed by atoms with E-state index in [1.54, 1.807) is 0 Å². The molecule has 1 aromatic rings. The Kier molecular flexibility index (Phi) is 2.65. The Morgan fingerprint density at radius 1 is 0.952 bits per heavy atom. The van der Waals surface area contributed by atoms with Gasteiger partial charge in [-0.05, 0) is 12.1 Å². The number of rotatable bonds is 1. The summed E-state index contributed by atoms with van der Waals surface area (Å²) in [6.45, 7) is 0. The van der Waals surface area contributed by atoms with Crippen molar-refractivity contribution < 1.29 is 35.4 Å². The zero-order valence-electron chi connectivity index (χ0n) is 10.6. The van der Waals surface area contributed by atoms with Gasteiger partial charge in [0.25, 0.3) is 0 Å². The van der Waals surface area contributed by atoms with E-state index in [2.05, 4.69) is 0 Å². The molecule has 6 N–H and O–H groups in total. The zero-order valence-corrected chi connectivity index (χ0v) is 10.6. The standard InChI is InChI=1S/C14H12O7/c15-6-3-7-11(19)13(21-14(7)10(18)4-6)5-1-8(16)12(20)9(17)2-5/h1-2,4,13,15-20H,3H2. The average Bonchev–Trinajstić information content (AvgIpc) is 2.74. The number of phenols is 3. The highest BCUT2D eigenvalue weighted by Crippen LogP contribution is 2.47. The monoisotopic (exact) mass is 292 g/mol. The second-order valence-corrected chi connectivity index (χ2v) is 4.80. The van der Waals surface area contributed by atoms with E-state index < -0.39 is 23.4 Å². The van der Waals surface area contributed by atoms with Gasteiger partial charge in [0.2, 0.25) is 0 Å². The number of ether oxygens (including phenoxy) is 1. The minimum absolute atomic E-state index is 0.00221. The van der Waals surface area contributed by atoms with Crippen LogP contribution in [-0.2, 0) is 4.74 Å². The van der Waals surface area contributed by atoms with E-state index in [0.29, 0.717) is 0 Å². The summed E-state index contributed by atoms with van der Waals surface area (Å²) in [6, 6.07) is 2.25. The molecule has 0 spiro atoms. The molecule has 21 heavy (non-hydrogen) atoms. The summed E-state index contributed by atoms with van der Waals surface area (Å²) in [6.07, 6.45) is 0.0479. The lowest BCUT2D eigenvalue weighted by atomic mass is 10.00. The molecule has 1 atom stereocenters. The summed E-state index contributed by atoms with van der Waals surface area (Å²) < 4.78 is 5.42. The Balaban J connectivity index is 2.07. The summed E-state index contributed by atoms with van der Waals surface area (Å²) in [5.41, 5.74) is 0.409. The fraction of sp³-hybridized carbons (Fsp3) is 0.143. The molecule has 110 valence electrons. The maximum Gasteiger partial charge on any atom is 0.200 e. The van der Waals surface area contributed by atoms with Gasteiger partial charge >= 0.3 is 0 Å². The fourth-order valence-electron chi connectivity index (χ4n) is 2.36.